The lowest BCUT2D eigenvalue weighted by atomic mass is 9.86. The SMILES string of the molecule is CC(C)C1CN(C2CC[S+]([O-])CC2)C1. The van der Waals surface area contributed by atoms with Crippen LogP contribution in [0.25, 0.3) is 0 Å². The lowest BCUT2D eigenvalue weighted by Crippen LogP contribution is -2.55. The summed E-state index contributed by atoms with van der Waals surface area (Å²) in [4.78, 5) is 2.60. The van der Waals surface area contributed by atoms with Crippen molar-refractivity contribution in [3.63, 3.8) is 0 Å². The van der Waals surface area contributed by atoms with E-state index >= 15 is 0 Å². The van der Waals surface area contributed by atoms with Gasteiger partial charge >= 0.3 is 0 Å². The van der Waals surface area contributed by atoms with Gasteiger partial charge in [-0.25, -0.2) is 0 Å². The van der Waals surface area contributed by atoms with Gasteiger partial charge in [-0.2, -0.15) is 0 Å². The third kappa shape index (κ3) is 2.26. The number of nitrogens with zero attached hydrogens (tertiary/aromatic N) is 1. The van der Waals surface area contributed by atoms with E-state index in [4.69, 9.17) is 0 Å². The molecule has 0 atom stereocenters. The molecule has 2 heterocycles. The minimum absolute atomic E-state index is 0.500. The summed E-state index contributed by atoms with van der Waals surface area (Å²) < 4.78 is 11.2. The van der Waals surface area contributed by atoms with Gasteiger partial charge < -0.3 is 4.55 Å². The molecule has 0 aromatic carbocycles. The Hall–Kier alpha value is 0.270. The van der Waals surface area contributed by atoms with Crippen molar-refractivity contribution in [1.29, 1.82) is 0 Å². The summed E-state index contributed by atoms with van der Waals surface area (Å²) in [6, 6.07) is 0.752. The minimum Gasteiger partial charge on any atom is -0.616 e. The zero-order valence-electron chi connectivity index (χ0n) is 9.24. The Morgan fingerprint density at radius 2 is 1.79 bits per heavy atom. The molecule has 82 valence electrons. The first-order chi connectivity index (χ1) is 6.66. The predicted octanol–water partition coefficient (Wildman–Crippen LogP) is 1.49. The molecule has 2 rings (SSSR count). The zero-order chi connectivity index (χ0) is 10.1. The first-order valence-electron chi connectivity index (χ1n) is 5.76. The van der Waals surface area contributed by atoms with Gasteiger partial charge in [-0.3, -0.25) is 4.90 Å². The summed E-state index contributed by atoms with van der Waals surface area (Å²) in [5.41, 5.74) is 0. The molecule has 0 aromatic heterocycles. The molecule has 0 N–H and O–H groups in total. The standard InChI is InChI=1S/C11H21NOS/c1-9(2)10-7-12(8-10)11-3-5-14(13)6-4-11/h9-11H,3-8H2,1-2H3. The van der Waals surface area contributed by atoms with E-state index in [9.17, 15) is 4.55 Å². The Balaban J connectivity index is 1.72. The molecule has 2 nitrogen and oxygen atoms in total. The first-order valence-corrected chi connectivity index (χ1v) is 7.24. The van der Waals surface area contributed by atoms with E-state index in [1.54, 1.807) is 0 Å². The highest BCUT2D eigenvalue weighted by molar-refractivity contribution is 7.91. The van der Waals surface area contributed by atoms with Gasteiger partial charge in [0.25, 0.3) is 0 Å². The van der Waals surface area contributed by atoms with Gasteiger partial charge in [0.1, 0.15) is 11.5 Å². The van der Waals surface area contributed by atoms with Crippen molar-refractivity contribution in [2.75, 3.05) is 24.6 Å². The van der Waals surface area contributed by atoms with Crippen molar-refractivity contribution in [2.45, 2.75) is 32.7 Å². The Kier molecular flexibility index (Phi) is 3.40. The van der Waals surface area contributed by atoms with Crippen LogP contribution in [0.5, 0.6) is 0 Å². The normalized spacial score (nSPS) is 36.0. The van der Waals surface area contributed by atoms with Crippen LogP contribution in [0.1, 0.15) is 26.7 Å². The molecule has 2 fully saturated rings. The second-order valence-electron chi connectivity index (χ2n) is 5.04. The third-order valence-electron chi connectivity index (χ3n) is 3.75. The Morgan fingerprint density at radius 3 is 2.29 bits per heavy atom. The zero-order valence-corrected chi connectivity index (χ0v) is 10.1. The molecule has 0 bridgehead atoms. The molecule has 0 radical (unpaired) electrons. The quantitative estimate of drug-likeness (QED) is 0.652. The summed E-state index contributed by atoms with van der Waals surface area (Å²) in [5, 5.41) is 0. The van der Waals surface area contributed by atoms with Gasteiger partial charge in [0.15, 0.2) is 0 Å². The van der Waals surface area contributed by atoms with E-state index in [-0.39, 0.29) is 0 Å². The van der Waals surface area contributed by atoms with E-state index in [2.05, 4.69) is 18.7 Å². The summed E-state index contributed by atoms with van der Waals surface area (Å²) >= 11 is -0.500. The molecular weight excluding hydrogens is 194 g/mol. The largest absolute Gasteiger partial charge is 0.616 e. The van der Waals surface area contributed by atoms with Gasteiger partial charge in [0.05, 0.1) is 0 Å². The monoisotopic (exact) mass is 215 g/mol. The lowest BCUT2D eigenvalue weighted by molar-refractivity contribution is 0.0240. The molecule has 0 aromatic rings. The maximum atomic E-state index is 11.2. The fraction of sp³-hybridized carbons (Fsp3) is 1.00. The molecule has 2 saturated heterocycles. The van der Waals surface area contributed by atoms with E-state index < -0.39 is 11.2 Å². The van der Waals surface area contributed by atoms with E-state index in [0.29, 0.717) is 0 Å². The molecular formula is C11H21NOS. The van der Waals surface area contributed by atoms with E-state index in [1.165, 1.54) is 13.1 Å². The van der Waals surface area contributed by atoms with Gasteiger partial charge in [-0.05, 0) is 11.8 Å². The molecule has 3 heteroatoms. The molecule has 0 aliphatic carbocycles. The number of hydrogen-bond donors (Lipinski definition) is 0. The van der Waals surface area contributed by atoms with Gasteiger partial charge in [-0.15, -0.1) is 0 Å². The second kappa shape index (κ2) is 4.42. The second-order valence-corrected chi connectivity index (χ2v) is 6.73. The Bertz CT molecular complexity index is 184. The van der Waals surface area contributed by atoms with Crippen molar-refractivity contribution in [3.05, 3.63) is 0 Å². The van der Waals surface area contributed by atoms with Crippen molar-refractivity contribution in [3.8, 4) is 0 Å². The van der Waals surface area contributed by atoms with Crippen LogP contribution in [0.3, 0.4) is 0 Å². The Morgan fingerprint density at radius 1 is 1.21 bits per heavy atom. The summed E-state index contributed by atoms with van der Waals surface area (Å²) in [5.74, 6) is 3.63. The van der Waals surface area contributed by atoms with Crippen LogP contribution in [0, 0.1) is 11.8 Å². The molecule has 0 amide bonds. The first kappa shape index (κ1) is 10.8. The van der Waals surface area contributed by atoms with Crippen LogP contribution in [0.4, 0.5) is 0 Å². The van der Waals surface area contributed by atoms with Crippen molar-refractivity contribution < 1.29 is 4.55 Å². The highest BCUT2D eigenvalue weighted by atomic mass is 32.2. The van der Waals surface area contributed by atoms with Crippen LogP contribution in [-0.4, -0.2) is 40.1 Å². The highest BCUT2D eigenvalue weighted by Gasteiger charge is 2.36. The maximum Gasteiger partial charge on any atom is 0.107 e. The minimum atomic E-state index is -0.500. The van der Waals surface area contributed by atoms with Crippen LogP contribution < -0.4 is 0 Å². The van der Waals surface area contributed by atoms with Gasteiger partial charge in [-0.1, -0.05) is 25.0 Å². The van der Waals surface area contributed by atoms with Crippen LogP contribution in [-0.2, 0) is 11.2 Å². The fourth-order valence-corrected chi connectivity index (χ4v) is 3.69. The van der Waals surface area contributed by atoms with Gasteiger partial charge in [0, 0.05) is 32.0 Å². The fourth-order valence-electron chi connectivity index (χ4n) is 2.42. The molecule has 0 unspecified atom stereocenters. The third-order valence-corrected chi connectivity index (χ3v) is 5.14. The van der Waals surface area contributed by atoms with Gasteiger partial charge in [0.2, 0.25) is 0 Å². The maximum absolute atomic E-state index is 11.2. The molecule has 2 aliphatic heterocycles. The van der Waals surface area contributed by atoms with Crippen molar-refractivity contribution >= 4 is 11.2 Å². The Labute approximate surface area is 90.2 Å². The molecule has 0 spiro atoms. The number of hydrogen-bond acceptors (Lipinski definition) is 2. The molecule has 2 aliphatic rings. The van der Waals surface area contributed by atoms with Crippen molar-refractivity contribution in [2.24, 2.45) is 11.8 Å². The van der Waals surface area contributed by atoms with Crippen LogP contribution >= 0.6 is 0 Å². The summed E-state index contributed by atoms with van der Waals surface area (Å²) in [6.45, 7) is 7.21. The lowest BCUT2D eigenvalue weighted by Gasteiger charge is -2.47. The summed E-state index contributed by atoms with van der Waals surface area (Å²) in [6.07, 6.45) is 2.33. The van der Waals surface area contributed by atoms with E-state index in [0.717, 1.165) is 42.2 Å². The average Bonchev–Trinajstić information content (AvgIpc) is 2.05. The average molecular weight is 215 g/mol. The van der Waals surface area contributed by atoms with Crippen LogP contribution in [0.2, 0.25) is 0 Å². The number of rotatable bonds is 2. The van der Waals surface area contributed by atoms with Crippen LogP contribution in [0.15, 0.2) is 0 Å². The number of likely N-dealkylation sites (tertiary alicyclic amines) is 1. The topological polar surface area (TPSA) is 26.3 Å². The predicted molar refractivity (Wildman–Crippen MR) is 60.8 cm³/mol. The van der Waals surface area contributed by atoms with E-state index in [1.807, 2.05) is 0 Å². The molecule has 14 heavy (non-hydrogen) atoms. The smallest absolute Gasteiger partial charge is 0.107 e. The van der Waals surface area contributed by atoms with Crippen molar-refractivity contribution in [1.82, 2.24) is 4.90 Å². The summed E-state index contributed by atoms with van der Waals surface area (Å²) in [7, 11) is 0. The molecule has 0 saturated carbocycles. The highest BCUT2D eigenvalue weighted by Crippen LogP contribution is 2.29.